The first-order valence-corrected chi connectivity index (χ1v) is 9.35. The Morgan fingerprint density at radius 3 is 2.48 bits per heavy atom. The number of methoxy groups -OCH3 is 2. The first-order valence-electron chi connectivity index (χ1n) is 9.35. The number of nitrogens with zero attached hydrogens (tertiary/aromatic N) is 2. The van der Waals surface area contributed by atoms with Crippen LogP contribution in [0, 0.1) is 10.1 Å². The number of hydrogen-bond acceptors (Lipinski definition) is 6. The molecule has 1 fully saturated rings. The van der Waals surface area contributed by atoms with E-state index in [4.69, 9.17) is 9.47 Å². The molecule has 0 unspecified atom stereocenters. The van der Waals surface area contributed by atoms with Crippen molar-refractivity contribution in [1.29, 1.82) is 0 Å². The SMILES string of the molecule is COc1cccc(N2CC[NH+](CC(=O)Nc3ccc(OC)cc3[N+](=O)[O-])CC2)c1. The molecule has 154 valence electrons. The number of amides is 1. The number of carbonyl (C=O) groups is 1. The lowest BCUT2D eigenvalue weighted by Gasteiger charge is -2.33. The number of anilines is 2. The summed E-state index contributed by atoms with van der Waals surface area (Å²) in [5.41, 5.74) is 1.09. The van der Waals surface area contributed by atoms with E-state index in [-0.39, 0.29) is 23.8 Å². The lowest BCUT2D eigenvalue weighted by molar-refractivity contribution is -0.892. The summed E-state index contributed by atoms with van der Waals surface area (Å²) in [5, 5.41) is 13.9. The lowest BCUT2D eigenvalue weighted by Crippen LogP contribution is -3.15. The van der Waals surface area contributed by atoms with Gasteiger partial charge in [0.1, 0.15) is 17.2 Å². The topological polar surface area (TPSA) is 98.4 Å². The van der Waals surface area contributed by atoms with Crippen molar-refractivity contribution in [3.05, 3.63) is 52.6 Å². The van der Waals surface area contributed by atoms with Gasteiger partial charge in [-0.3, -0.25) is 14.9 Å². The number of nitrogens with one attached hydrogen (secondary N) is 2. The maximum atomic E-state index is 12.4. The van der Waals surface area contributed by atoms with Crippen LogP contribution < -0.4 is 24.6 Å². The maximum absolute atomic E-state index is 12.4. The molecule has 1 aliphatic rings. The number of quaternary nitrogens is 1. The van der Waals surface area contributed by atoms with Crippen molar-refractivity contribution in [2.45, 2.75) is 0 Å². The molecule has 0 atom stereocenters. The lowest BCUT2D eigenvalue weighted by atomic mass is 10.2. The van der Waals surface area contributed by atoms with Crippen LogP contribution in [-0.2, 0) is 4.79 Å². The number of rotatable bonds is 7. The maximum Gasteiger partial charge on any atom is 0.296 e. The number of piperazine rings is 1. The van der Waals surface area contributed by atoms with Crippen molar-refractivity contribution in [3.63, 3.8) is 0 Å². The summed E-state index contributed by atoms with van der Waals surface area (Å²) in [6, 6.07) is 12.3. The highest BCUT2D eigenvalue weighted by Gasteiger charge is 2.24. The Balaban J connectivity index is 1.55. The molecule has 1 saturated heterocycles. The van der Waals surface area contributed by atoms with Crippen molar-refractivity contribution < 1.29 is 24.1 Å². The molecular formula is C20H25N4O5+. The van der Waals surface area contributed by atoms with Gasteiger partial charge in [-0.25, -0.2) is 0 Å². The van der Waals surface area contributed by atoms with E-state index < -0.39 is 4.92 Å². The molecule has 29 heavy (non-hydrogen) atoms. The second-order valence-corrected chi connectivity index (χ2v) is 6.80. The number of ether oxygens (including phenoxy) is 2. The van der Waals surface area contributed by atoms with Crippen LogP contribution in [0.3, 0.4) is 0 Å². The average Bonchev–Trinajstić information content (AvgIpc) is 2.74. The molecule has 0 saturated carbocycles. The van der Waals surface area contributed by atoms with Crippen molar-refractivity contribution in [3.8, 4) is 11.5 Å². The van der Waals surface area contributed by atoms with Crippen LogP contribution >= 0.6 is 0 Å². The number of nitro benzene ring substituents is 1. The Morgan fingerprint density at radius 1 is 1.14 bits per heavy atom. The first-order chi connectivity index (χ1) is 14.0. The van der Waals surface area contributed by atoms with Crippen LogP contribution in [0.4, 0.5) is 17.1 Å². The van der Waals surface area contributed by atoms with Gasteiger partial charge in [-0.15, -0.1) is 0 Å². The van der Waals surface area contributed by atoms with Gasteiger partial charge in [-0.2, -0.15) is 0 Å². The molecule has 2 aromatic carbocycles. The van der Waals surface area contributed by atoms with E-state index in [9.17, 15) is 14.9 Å². The zero-order valence-corrected chi connectivity index (χ0v) is 16.5. The van der Waals surface area contributed by atoms with E-state index in [0.717, 1.165) is 42.5 Å². The summed E-state index contributed by atoms with van der Waals surface area (Å²) >= 11 is 0. The summed E-state index contributed by atoms with van der Waals surface area (Å²) in [7, 11) is 3.08. The molecule has 1 aliphatic heterocycles. The summed E-state index contributed by atoms with van der Waals surface area (Å²) in [4.78, 5) is 26.6. The Hall–Kier alpha value is -3.33. The van der Waals surface area contributed by atoms with Crippen LogP contribution in [-0.4, -0.2) is 57.8 Å². The molecule has 1 heterocycles. The summed E-state index contributed by atoms with van der Waals surface area (Å²) in [6.45, 7) is 3.50. The van der Waals surface area contributed by atoms with Gasteiger partial charge in [0.25, 0.3) is 11.6 Å². The van der Waals surface area contributed by atoms with Crippen molar-refractivity contribution in [2.75, 3.05) is 57.2 Å². The Morgan fingerprint density at radius 2 is 1.83 bits per heavy atom. The fourth-order valence-electron chi connectivity index (χ4n) is 3.38. The smallest absolute Gasteiger partial charge is 0.296 e. The van der Waals surface area contributed by atoms with E-state index in [0.29, 0.717) is 5.75 Å². The number of nitro groups is 1. The van der Waals surface area contributed by atoms with Gasteiger partial charge in [0, 0.05) is 11.8 Å². The van der Waals surface area contributed by atoms with Crippen molar-refractivity contribution >= 4 is 23.0 Å². The van der Waals surface area contributed by atoms with Crippen LogP contribution in [0.2, 0.25) is 0 Å². The van der Waals surface area contributed by atoms with Gasteiger partial charge in [-0.1, -0.05) is 6.07 Å². The average molecular weight is 401 g/mol. The van der Waals surface area contributed by atoms with Crippen LogP contribution in [0.15, 0.2) is 42.5 Å². The zero-order valence-electron chi connectivity index (χ0n) is 16.5. The van der Waals surface area contributed by atoms with E-state index in [1.165, 1.54) is 19.2 Å². The van der Waals surface area contributed by atoms with E-state index in [1.807, 2.05) is 24.3 Å². The zero-order chi connectivity index (χ0) is 20.8. The highest BCUT2D eigenvalue weighted by atomic mass is 16.6. The van der Waals surface area contributed by atoms with Gasteiger partial charge in [-0.05, 0) is 24.3 Å². The highest BCUT2D eigenvalue weighted by Crippen LogP contribution is 2.28. The first kappa shape index (κ1) is 20.4. The van der Waals surface area contributed by atoms with Gasteiger partial charge < -0.3 is 24.6 Å². The fourth-order valence-corrected chi connectivity index (χ4v) is 3.38. The van der Waals surface area contributed by atoms with Crippen LogP contribution in [0.5, 0.6) is 11.5 Å². The second-order valence-electron chi connectivity index (χ2n) is 6.80. The Bertz CT molecular complexity index is 881. The third-order valence-electron chi connectivity index (χ3n) is 4.98. The van der Waals surface area contributed by atoms with Gasteiger partial charge in [0.15, 0.2) is 6.54 Å². The van der Waals surface area contributed by atoms with Gasteiger partial charge >= 0.3 is 0 Å². The largest absolute Gasteiger partial charge is 0.497 e. The minimum Gasteiger partial charge on any atom is -0.497 e. The molecule has 9 nitrogen and oxygen atoms in total. The number of hydrogen-bond donors (Lipinski definition) is 2. The standard InChI is InChI=1S/C20H24N4O5/c1-28-16-5-3-4-15(12-16)23-10-8-22(9-11-23)14-20(25)21-18-7-6-17(29-2)13-19(18)24(26)27/h3-7,12-13H,8-11,14H2,1-2H3,(H,21,25)/p+1. The Labute approximate surface area is 169 Å². The number of benzene rings is 2. The minimum absolute atomic E-state index is 0.176. The predicted molar refractivity (Wildman–Crippen MR) is 109 cm³/mol. The molecule has 9 heteroatoms. The second kappa shape index (κ2) is 9.24. The summed E-state index contributed by atoms with van der Waals surface area (Å²) < 4.78 is 10.3. The van der Waals surface area contributed by atoms with Crippen LogP contribution in [0.25, 0.3) is 0 Å². The molecule has 3 rings (SSSR count). The molecule has 1 amide bonds. The van der Waals surface area contributed by atoms with Crippen molar-refractivity contribution in [1.82, 2.24) is 0 Å². The highest BCUT2D eigenvalue weighted by molar-refractivity contribution is 5.93. The third-order valence-corrected chi connectivity index (χ3v) is 4.98. The quantitative estimate of drug-likeness (QED) is 0.530. The van der Waals surface area contributed by atoms with E-state index >= 15 is 0 Å². The summed E-state index contributed by atoms with van der Waals surface area (Å²) in [6.07, 6.45) is 0. The molecule has 2 aromatic rings. The van der Waals surface area contributed by atoms with Crippen LogP contribution in [0.1, 0.15) is 0 Å². The third kappa shape index (κ3) is 5.14. The van der Waals surface area contributed by atoms with Gasteiger partial charge in [0.2, 0.25) is 0 Å². The van der Waals surface area contributed by atoms with Gasteiger partial charge in [0.05, 0.1) is 51.4 Å². The molecular weight excluding hydrogens is 376 g/mol. The molecule has 2 N–H and O–H groups in total. The molecule has 0 radical (unpaired) electrons. The van der Waals surface area contributed by atoms with Crippen molar-refractivity contribution in [2.24, 2.45) is 0 Å². The number of carbonyl (C=O) groups excluding carboxylic acids is 1. The fraction of sp³-hybridized carbons (Fsp3) is 0.350. The molecule has 0 spiro atoms. The Kier molecular flexibility index (Phi) is 6.50. The molecule has 0 bridgehead atoms. The minimum atomic E-state index is -0.530. The predicted octanol–water partition coefficient (Wildman–Crippen LogP) is 0.956. The monoisotopic (exact) mass is 401 g/mol. The molecule has 0 aliphatic carbocycles. The van der Waals surface area contributed by atoms with E-state index in [2.05, 4.69) is 10.2 Å². The normalized spacial score (nSPS) is 14.3. The molecule has 0 aromatic heterocycles. The summed E-state index contributed by atoms with van der Waals surface area (Å²) in [5.74, 6) is 0.940. The van der Waals surface area contributed by atoms with E-state index in [1.54, 1.807) is 13.2 Å².